The van der Waals surface area contributed by atoms with Crippen LogP contribution >= 0.6 is 15.9 Å². The summed E-state index contributed by atoms with van der Waals surface area (Å²) in [6.07, 6.45) is 6.21. The van der Waals surface area contributed by atoms with Crippen molar-refractivity contribution in [1.82, 2.24) is 4.98 Å². The van der Waals surface area contributed by atoms with E-state index < -0.39 is 10.8 Å². The number of pyridine rings is 1. The zero-order chi connectivity index (χ0) is 13.0. The maximum Gasteiger partial charge on any atom is 0.126 e. The van der Waals surface area contributed by atoms with Gasteiger partial charge in [-0.2, -0.15) is 0 Å². The van der Waals surface area contributed by atoms with E-state index in [1.807, 2.05) is 19.1 Å². The lowest BCUT2D eigenvalue weighted by Crippen LogP contribution is -2.33. The summed E-state index contributed by atoms with van der Waals surface area (Å²) in [6.45, 7) is 2.00. The first-order chi connectivity index (χ1) is 8.69. The van der Waals surface area contributed by atoms with E-state index in [-0.39, 0.29) is 0 Å². The highest BCUT2D eigenvalue weighted by Crippen LogP contribution is 2.25. The predicted molar refractivity (Wildman–Crippen MR) is 80.3 cm³/mol. The Morgan fingerprint density at radius 1 is 1.50 bits per heavy atom. The highest BCUT2D eigenvalue weighted by Gasteiger charge is 2.25. The van der Waals surface area contributed by atoms with E-state index in [0.29, 0.717) is 11.3 Å². The summed E-state index contributed by atoms with van der Waals surface area (Å²) >= 11 is 3.38. The summed E-state index contributed by atoms with van der Waals surface area (Å²) in [4.78, 5) is 4.33. The zero-order valence-electron chi connectivity index (χ0n) is 10.6. The molecule has 100 valence electrons. The summed E-state index contributed by atoms with van der Waals surface area (Å²) in [7, 11) is -0.664. The minimum Gasteiger partial charge on any atom is -0.367 e. The van der Waals surface area contributed by atoms with Crippen LogP contribution in [-0.2, 0) is 10.8 Å². The highest BCUT2D eigenvalue weighted by atomic mass is 79.9. The van der Waals surface area contributed by atoms with Crippen molar-refractivity contribution in [2.75, 3.05) is 11.1 Å². The molecule has 1 aliphatic rings. The maximum absolute atomic E-state index is 11.9. The molecule has 1 aromatic rings. The van der Waals surface area contributed by atoms with Gasteiger partial charge in [-0.15, -0.1) is 0 Å². The van der Waals surface area contributed by atoms with E-state index in [4.69, 9.17) is 0 Å². The third-order valence-corrected chi connectivity index (χ3v) is 5.57. The molecule has 1 heterocycles. The van der Waals surface area contributed by atoms with E-state index in [1.54, 1.807) is 6.20 Å². The third kappa shape index (κ3) is 3.79. The molecule has 0 aromatic carbocycles. The smallest absolute Gasteiger partial charge is 0.126 e. The van der Waals surface area contributed by atoms with E-state index in [2.05, 4.69) is 26.2 Å². The van der Waals surface area contributed by atoms with Crippen molar-refractivity contribution in [3.05, 3.63) is 22.8 Å². The molecule has 5 heteroatoms. The van der Waals surface area contributed by atoms with Crippen LogP contribution in [0.5, 0.6) is 0 Å². The Bertz CT molecular complexity index is 410. The Kier molecular flexibility index (Phi) is 5.18. The standard InChI is InChI=1S/C13H19BrN2OS/c1-2-18(17)12-5-3-4-11(8-12)16-13-7-6-10(14)9-15-13/h6-7,9,11-12H,2-5,8H2,1H3,(H,15,16). The van der Waals surface area contributed by atoms with Gasteiger partial charge >= 0.3 is 0 Å². The average Bonchev–Trinajstić information content (AvgIpc) is 2.41. The van der Waals surface area contributed by atoms with Gasteiger partial charge in [-0.05, 0) is 47.3 Å². The van der Waals surface area contributed by atoms with Gasteiger partial charge in [-0.1, -0.05) is 13.3 Å². The topological polar surface area (TPSA) is 42.0 Å². The Hall–Kier alpha value is -0.420. The number of hydrogen-bond donors (Lipinski definition) is 1. The van der Waals surface area contributed by atoms with E-state index in [1.165, 1.54) is 0 Å². The SMILES string of the molecule is CCS(=O)C1CCCC(Nc2ccc(Br)cn2)C1. The van der Waals surface area contributed by atoms with Crippen LogP contribution in [0.4, 0.5) is 5.82 Å². The zero-order valence-corrected chi connectivity index (χ0v) is 13.0. The second-order valence-electron chi connectivity index (χ2n) is 4.66. The molecule has 0 bridgehead atoms. The Balaban J connectivity index is 1.93. The van der Waals surface area contributed by atoms with E-state index in [9.17, 15) is 4.21 Å². The highest BCUT2D eigenvalue weighted by molar-refractivity contribution is 9.10. The van der Waals surface area contributed by atoms with Crippen LogP contribution in [0, 0.1) is 0 Å². The van der Waals surface area contributed by atoms with Crippen molar-refractivity contribution in [3.8, 4) is 0 Å². The van der Waals surface area contributed by atoms with Crippen molar-refractivity contribution in [2.24, 2.45) is 0 Å². The van der Waals surface area contributed by atoms with Gasteiger partial charge in [0.05, 0.1) is 0 Å². The lowest BCUT2D eigenvalue weighted by molar-refractivity contribution is 0.464. The van der Waals surface area contributed by atoms with Crippen LogP contribution in [0.15, 0.2) is 22.8 Å². The Labute approximate surface area is 119 Å². The second kappa shape index (κ2) is 6.66. The van der Waals surface area contributed by atoms with Crippen molar-refractivity contribution in [3.63, 3.8) is 0 Å². The van der Waals surface area contributed by atoms with Gasteiger partial charge in [0.2, 0.25) is 0 Å². The average molecular weight is 331 g/mol. The number of nitrogens with zero attached hydrogens (tertiary/aromatic N) is 1. The van der Waals surface area contributed by atoms with Crippen LogP contribution in [0.3, 0.4) is 0 Å². The largest absolute Gasteiger partial charge is 0.367 e. The Morgan fingerprint density at radius 3 is 3.00 bits per heavy atom. The molecule has 0 aliphatic heterocycles. The van der Waals surface area contributed by atoms with Crippen molar-refractivity contribution in [2.45, 2.75) is 43.9 Å². The summed E-state index contributed by atoms with van der Waals surface area (Å²) in [6, 6.07) is 4.37. The molecular formula is C13H19BrN2OS. The van der Waals surface area contributed by atoms with Crippen molar-refractivity contribution in [1.29, 1.82) is 0 Å². The summed E-state index contributed by atoms with van der Waals surface area (Å²) in [5, 5.41) is 3.81. The molecule has 0 spiro atoms. The first-order valence-electron chi connectivity index (χ1n) is 6.44. The molecule has 1 fully saturated rings. The van der Waals surface area contributed by atoms with Gasteiger partial charge in [-0.25, -0.2) is 4.98 Å². The molecule has 1 saturated carbocycles. The molecule has 0 saturated heterocycles. The van der Waals surface area contributed by atoms with E-state index in [0.717, 1.165) is 41.7 Å². The van der Waals surface area contributed by atoms with Crippen LogP contribution in [0.2, 0.25) is 0 Å². The van der Waals surface area contributed by atoms with Crippen LogP contribution in [0.1, 0.15) is 32.6 Å². The van der Waals surface area contributed by atoms with Gasteiger partial charge < -0.3 is 5.32 Å². The van der Waals surface area contributed by atoms with E-state index >= 15 is 0 Å². The van der Waals surface area contributed by atoms with Crippen LogP contribution in [-0.4, -0.2) is 26.2 Å². The lowest BCUT2D eigenvalue weighted by atomic mass is 9.95. The van der Waals surface area contributed by atoms with Crippen molar-refractivity contribution >= 4 is 32.5 Å². The van der Waals surface area contributed by atoms with Gasteiger partial charge in [-0.3, -0.25) is 4.21 Å². The summed E-state index contributed by atoms with van der Waals surface area (Å²) in [5.74, 6) is 1.68. The van der Waals surface area contributed by atoms with Crippen LogP contribution < -0.4 is 5.32 Å². The molecule has 2 rings (SSSR count). The monoisotopic (exact) mass is 330 g/mol. The van der Waals surface area contributed by atoms with Gasteiger partial charge in [0, 0.05) is 38.5 Å². The number of aromatic nitrogens is 1. The van der Waals surface area contributed by atoms with Gasteiger partial charge in [0.25, 0.3) is 0 Å². The fraction of sp³-hybridized carbons (Fsp3) is 0.615. The molecule has 0 amide bonds. The number of anilines is 1. The van der Waals surface area contributed by atoms with Crippen LogP contribution in [0.25, 0.3) is 0 Å². The Morgan fingerprint density at radius 2 is 2.33 bits per heavy atom. The minimum atomic E-state index is -0.664. The number of rotatable bonds is 4. The molecule has 1 aliphatic carbocycles. The van der Waals surface area contributed by atoms with Crippen molar-refractivity contribution < 1.29 is 4.21 Å². The van der Waals surface area contributed by atoms with Gasteiger partial charge in [0.15, 0.2) is 0 Å². The second-order valence-corrected chi connectivity index (χ2v) is 7.58. The fourth-order valence-electron chi connectivity index (χ4n) is 2.42. The molecule has 1 aromatic heterocycles. The minimum absolute atomic E-state index is 0.358. The first kappa shape index (κ1) is 14.0. The predicted octanol–water partition coefficient (Wildman–Crippen LogP) is 3.34. The molecule has 1 N–H and O–H groups in total. The number of halogens is 1. The molecule has 0 radical (unpaired) electrons. The lowest BCUT2D eigenvalue weighted by Gasteiger charge is -2.29. The molecular weight excluding hydrogens is 312 g/mol. The fourth-order valence-corrected chi connectivity index (χ4v) is 4.00. The molecule has 3 atom stereocenters. The first-order valence-corrected chi connectivity index (χ1v) is 8.62. The quantitative estimate of drug-likeness (QED) is 0.920. The molecule has 3 unspecified atom stereocenters. The number of hydrogen-bond acceptors (Lipinski definition) is 3. The maximum atomic E-state index is 11.9. The normalized spacial score (nSPS) is 25.7. The van der Waals surface area contributed by atoms with Gasteiger partial charge in [0.1, 0.15) is 5.82 Å². The molecule has 3 nitrogen and oxygen atoms in total. The molecule has 18 heavy (non-hydrogen) atoms. The summed E-state index contributed by atoms with van der Waals surface area (Å²) < 4.78 is 12.9. The summed E-state index contributed by atoms with van der Waals surface area (Å²) in [5.41, 5.74) is 0. The number of nitrogens with one attached hydrogen (secondary N) is 1. The third-order valence-electron chi connectivity index (χ3n) is 3.36.